The Morgan fingerprint density at radius 3 is 2.45 bits per heavy atom. The summed E-state index contributed by atoms with van der Waals surface area (Å²) >= 11 is 0. The van der Waals surface area contributed by atoms with Crippen molar-refractivity contribution in [2.45, 2.75) is 84.2 Å². The van der Waals surface area contributed by atoms with E-state index in [1.54, 1.807) is 0 Å². The van der Waals surface area contributed by atoms with E-state index in [-0.39, 0.29) is 0 Å². The van der Waals surface area contributed by atoms with Crippen LogP contribution in [0.5, 0.6) is 0 Å². The van der Waals surface area contributed by atoms with Crippen LogP contribution in [0.15, 0.2) is 0 Å². The second kappa shape index (κ2) is 9.78. The number of nitrogens with zero attached hydrogens (tertiary/aromatic N) is 1. The Labute approximate surface area is 127 Å². The first-order valence-electron chi connectivity index (χ1n) is 8.92. The molecule has 1 rings (SSSR count). The highest BCUT2D eigenvalue weighted by Crippen LogP contribution is 2.26. The van der Waals surface area contributed by atoms with Crippen LogP contribution in [0, 0.1) is 11.8 Å². The zero-order chi connectivity index (χ0) is 15.0. The van der Waals surface area contributed by atoms with E-state index in [9.17, 15) is 0 Å². The quantitative estimate of drug-likeness (QED) is 0.668. The van der Waals surface area contributed by atoms with Crippen LogP contribution in [-0.4, -0.2) is 37.6 Å². The standard InChI is InChI=1S/C18H38N2/c1-6-8-16-9-7-10-17(12-11-16)19-14-18(20(4)5)13-15(2)3/h15-19H,6-14H2,1-5H3. The van der Waals surface area contributed by atoms with E-state index in [0.717, 1.165) is 24.4 Å². The summed E-state index contributed by atoms with van der Waals surface area (Å²) in [5, 5.41) is 3.87. The van der Waals surface area contributed by atoms with E-state index in [2.05, 4.69) is 45.1 Å². The van der Waals surface area contributed by atoms with Gasteiger partial charge in [0.1, 0.15) is 0 Å². The first kappa shape index (κ1) is 18.0. The Hall–Kier alpha value is -0.0800. The lowest BCUT2D eigenvalue weighted by molar-refractivity contribution is 0.237. The third kappa shape index (κ3) is 7.08. The molecule has 1 aliphatic carbocycles. The lowest BCUT2D eigenvalue weighted by Crippen LogP contribution is -2.42. The summed E-state index contributed by atoms with van der Waals surface area (Å²) in [7, 11) is 4.44. The highest BCUT2D eigenvalue weighted by Gasteiger charge is 2.20. The lowest BCUT2D eigenvalue weighted by atomic mass is 9.95. The van der Waals surface area contributed by atoms with Crippen molar-refractivity contribution in [2.24, 2.45) is 11.8 Å². The van der Waals surface area contributed by atoms with Crippen molar-refractivity contribution >= 4 is 0 Å². The number of likely N-dealkylation sites (N-methyl/N-ethyl adjacent to an activating group) is 1. The minimum absolute atomic E-state index is 0.685. The zero-order valence-corrected chi connectivity index (χ0v) is 14.6. The van der Waals surface area contributed by atoms with E-state index in [0.29, 0.717) is 6.04 Å². The molecule has 3 atom stereocenters. The van der Waals surface area contributed by atoms with Gasteiger partial charge < -0.3 is 10.2 Å². The topological polar surface area (TPSA) is 15.3 Å². The smallest absolute Gasteiger partial charge is 0.0217 e. The average molecular weight is 283 g/mol. The summed E-state index contributed by atoms with van der Waals surface area (Å²) < 4.78 is 0. The fraction of sp³-hybridized carbons (Fsp3) is 1.00. The van der Waals surface area contributed by atoms with Gasteiger partial charge in [0.2, 0.25) is 0 Å². The molecule has 2 nitrogen and oxygen atoms in total. The molecular formula is C18H38N2. The number of hydrogen-bond donors (Lipinski definition) is 1. The minimum atomic E-state index is 0.685. The molecule has 0 aliphatic heterocycles. The van der Waals surface area contributed by atoms with E-state index in [4.69, 9.17) is 0 Å². The van der Waals surface area contributed by atoms with Gasteiger partial charge >= 0.3 is 0 Å². The molecule has 3 unspecified atom stereocenters. The first-order chi connectivity index (χ1) is 9.52. The van der Waals surface area contributed by atoms with Gasteiger partial charge in [-0.25, -0.2) is 0 Å². The normalized spacial score (nSPS) is 25.9. The molecule has 1 aliphatic rings. The van der Waals surface area contributed by atoms with Crippen molar-refractivity contribution < 1.29 is 0 Å². The maximum atomic E-state index is 3.87. The molecule has 120 valence electrons. The van der Waals surface area contributed by atoms with Crippen molar-refractivity contribution in [2.75, 3.05) is 20.6 Å². The van der Waals surface area contributed by atoms with Crippen LogP contribution < -0.4 is 5.32 Å². The summed E-state index contributed by atoms with van der Waals surface area (Å²) in [4.78, 5) is 2.39. The Balaban J connectivity index is 2.32. The van der Waals surface area contributed by atoms with Crippen molar-refractivity contribution in [3.8, 4) is 0 Å². The van der Waals surface area contributed by atoms with Gasteiger partial charge in [-0.3, -0.25) is 0 Å². The molecule has 2 heteroatoms. The van der Waals surface area contributed by atoms with Gasteiger partial charge in [0, 0.05) is 18.6 Å². The highest BCUT2D eigenvalue weighted by atomic mass is 15.1. The molecular weight excluding hydrogens is 244 g/mol. The Morgan fingerprint density at radius 2 is 1.85 bits per heavy atom. The molecule has 0 bridgehead atoms. The van der Waals surface area contributed by atoms with Gasteiger partial charge in [-0.1, -0.05) is 46.5 Å². The van der Waals surface area contributed by atoms with E-state index < -0.39 is 0 Å². The number of hydrogen-bond acceptors (Lipinski definition) is 2. The summed E-state index contributed by atoms with van der Waals surface area (Å²) in [6.45, 7) is 8.15. The third-order valence-electron chi connectivity index (χ3n) is 4.90. The van der Waals surface area contributed by atoms with Crippen LogP contribution >= 0.6 is 0 Å². The van der Waals surface area contributed by atoms with Gasteiger partial charge in [-0.05, 0) is 51.6 Å². The lowest BCUT2D eigenvalue weighted by Gasteiger charge is -2.28. The Kier molecular flexibility index (Phi) is 8.79. The van der Waals surface area contributed by atoms with E-state index >= 15 is 0 Å². The molecule has 1 fully saturated rings. The van der Waals surface area contributed by atoms with Gasteiger partial charge in [-0.2, -0.15) is 0 Å². The molecule has 1 N–H and O–H groups in total. The Bertz CT molecular complexity index is 238. The summed E-state index contributed by atoms with van der Waals surface area (Å²) in [5.41, 5.74) is 0. The van der Waals surface area contributed by atoms with Crippen molar-refractivity contribution in [3.05, 3.63) is 0 Å². The molecule has 1 saturated carbocycles. The number of rotatable bonds is 8. The highest BCUT2D eigenvalue weighted by molar-refractivity contribution is 4.78. The fourth-order valence-corrected chi connectivity index (χ4v) is 3.60. The van der Waals surface area contributed by atoms with Gasteiger partial charge in [0.05, 0.1) is 0 Å². The average Bonchev–Trinajstić information content (AvgIpc) is 2.60. The molecule has 20 heavy (non-hydrogen) atoms. The number of nitrogens with one attached hydrogen (secondary N) is 1. The summed E-state index contributed by atoms with van der Waals surface area (Å²) in [6, 6.07) is 1.45. The molecule has 0 saturated heterocycles. The molecule has 0 amide bonds. The van der Waals surface area contributed by atoms with E-state index in [1.165, 1.54) is 51.4 Å². The largest absolute Gasteiger partial charge is 0.312 e. The van der Waals surface area contributed by atoms with Crippen LogP contribution in [0.2, 0.25) is 0 Å². The maximum absolute atomic E-state index is 3.87. The van der Waals surface area contributed by atoms with Gasteiger partial charge in [-0.15, -0.1) is 0 Å². The van der Waals surface area contributed by atoms with Gasteiger partial charge in [0.25, 0.3) is 0 Å². The minimum Gasteiger partial charge on any atom is -0.312 e. The van der Waals surface area contributed by atoms with E-state index in [1.807, 2.05) is 0 Å². The third-order valence-corrected chi connectivity index (χ3v) is 4.90. The molecule has 0 radical (unpaired) electrons. The Morgan fingerprint density at radius 1 is 1.10 bits per heavy atom. The predicted molar refractivity (Wildman–Crippen MR) is 90.2 cm³/mol. The van der Waals surface area contributed by atoms with Crippen LogP contribution in [0.25, 0.3) is 0 Å². The second-order valence-electron chi connectivity index (χ2n) is 7.52. The van der Waals surface area contributed by atoms with Crippen molar-refractivity contribution in [1.82, 2.24) is 10.2 Å². The van der Waals surface area contributed by atoms with Crippen LogP contribution in [-0.2, 0) is 0 Å². The molecule has 0 spiro atoms. The maximum Gasteiger partial charge on any atom is 0.0217 e. The van der Waals surface area contributed by atoms with Crippen LogP contribution in [0.1, 0.15) is 72.1 Å². The second-order valence-corrected chi connectivity index (χ2v) is 7.52. The van der Waals surface area contributed by atoms with Crippen LogP contribution in [0.3, 0.4) is 0 Å². The molecule has 0 aromatic rings. The predicted octanol–water partition coefficient (Wildman–Crippen LogP) is 4.30. The molecule has 0 aromatic carbocycles. The fourth-order valence-electron chi connectivity index (χ4n) is 3.60. The molecule has 0 heterocycles. The van der Waals surface area contributed by atoms with Gasteiger partial charge in [0.15, 0.2) is 0 Å². The van der Waals surface area contributed by atoms with Crippen LogP contribution in [0.4, 0.5) is 0 Å². The summed E-state index contributed by atoms with van der Waals surface area (Å²) in [6.07, 6.45) is 11.2. The van der Waals surface area contributed by atoms with Crippen molar-refractivity contribution in [1.29, 1.82) is 0 Å². The summed E-state index contributed by atoms with van der Waals surface area (Å²) in [5.74, 6) is 1.79. The first-order valence-corrected chi connectivity index (χ1v) is 8.92. The molecule has 0 aromatic heterocycles. The monoisotopic (exact) mass is 282 g/mol. The SMILES string of the molecule is CCCC1CCCC(NCC(CC(C)C)N(C)C)CC1. The zero-order valence-electron chi connectivity index (χ0n) is 14.6. The van der Waals surface area contributed by atoms with Crippen molar-refractivity contribution in [3.63, 3.8) is 0 Å².